The topological polar surface area (TPSA) is 0 Å². The van der Waals surface area contributed by atoms with Gasteiger partial charge in [-0.25, -0.2) is 13.2 Å². The Kier molecular flexibility index (Phi) is 3.11. The summed E-state index contributed by atoms with van der Waals surface area (Å²) in [4.78, 5) is 0. The zero-order valence-corrected chi connectivity index (χ0v) is 11.2. The van der Waals surface area contributed by atoms with Crippen molar-refractivity contribution < 1.29 is 13.2 Å². The van der Waals surface area contributed by atoms with Crippen LogP contribution in [0, 0.1) is 28.8 Å². The van der Waals surface area contributed by atoms with Gasteiger partial charge in [0.1, 0.15) is 0 Å². The molecule has 2 fully saturated rings. The second kappa shape index (κ2) is 4.53. The molecule has 1 aromatic carbocycles. The number of halogens is 3. The summed E-state index contributed by atoms with van der Waals surface area (Å²) >= 11 is 0. The molecule has 0 bridgehead atoms. The lowest BCUT2D eigenvalue weighted by molar-refractivity contribution is 0.0185. The average molecular weight is 268 g/mol. The van der Waals surface area contributed by atoms with E-state index in [-0.39, 0.29) is 5.92 Å². The summed E-state index contributed by atoms with van der Waals surface area (Å²) in [5, 5.41) is 0. The maximum absolute atomic E-state index is 13.3. The molecule has 0 heterocycles. The quantitative estimate of drug-likeness (QED) is 0.616. The highest BCUT2D eigenvalue weighted by Crippen LogP contribution is 2.56. The predicted octanol–water partition coefficient (Wildman–Crippen LogP) is 5.18. The van der Waals surface area contributed by atoms with E-state index in [4.69, 9.17) is 0 Å². The third-order valence-electron chi connectivity index (χ3n) is 5.09. The fourth-order valence-electron chi connectivity index (χ4n) is 4.20. The van der Waals surface area contributed by atoms with Crippen molar-refractivity contribution in [2.24, 2.45) is 11.3 Å². The summed E-state index contributed by atoms with van der Waals surface area (Å²) in [6.45, 7) is 2.28. The van der Waals surface area contributed by atoms with E-state index in [0.717, 1.165) is 31.6 Å². The molecular weight excluding hydrogens is 249 g/mol. The molecule has 0 N–H and O–H groups in total. The Morgan fingerprint density at radius 1 is 1.00 bits per heavy atom. The number of hydrogen-bond acceptors (Lipinski definition) is 0. The van der Waals surface area contributed by atoms with Crippen molar-refractivity contribution in [3.05, 3.63) is 35.1 Å². The Labute approximate surface area is 112 Å². The van der Waals surface area contributed by atoms with Gasteiger partial charge < -0.3 is 0 Å². The first-order valence-electron chi connectivity index (χ1n) is 7.13. The lowest BCUT2D eigenvalue weighted by Crippen LogP contribution is -2.38. The molecule has 1 spiro atoms. The summed E-state index contributed by atoms with van der Waals surface area (Å²) in [5.41, 5.74) is 1.13. The van der Waals surface area contributed by atoms with E-state index in [1.807, 2.05) is 0 Å². The normalized spacial score (nSPS) is 34.3. The van der Waals surface area contributed by atoms with Crippen LogP contribution in [0.4, 0.5) is 13.2 Å². The van der Waals surface area contributed by atoms with Crippen LogP contribution in [0.2, 0.25) is 0 Å². The molecule has 2 aliphatic carbocycles. The van der Waals surface area contributed by atoms with Gasteiger partial charge in [-0.1, -0.05) is 6.92 Å². The maximum Gasteiger partial charge on any atom is 0.194 e. The minimum absolute atomic E-state index is 0.186. The van der Waals surface area contributed by atoms with Crippen LogP contribution in [0.5, 0.6) is 0 Å². The van der Waals surface area contributed by atoms with Gasteiger partial charge in [-0.05, 0) is 73.5 Å². The minimum Gasteiger partial charge on any atom is -0.204 e. The van der Waals surface area contributed by atoms with Crippen LogP contribution in [-0.2, 0) is 0 Å². The Morgan fingerprint density at radius 3 is 2.00 bits per heavy atom. The minimum atomic E-state index is -1.36. The lowest BCUT2D eigenvalue weighted by Gasteiger charge is -2.51. The van der Waals surface area contributed by atoms with E-state index in [0.29, 0.717) is 11.0 Å². The molecule has 0 atom stereocenters. The first-order chi connectivity index (χ1) is 8.99. The van der Waals surface area contributed by atoms with E-state index in [1.54, 1.807) is 0 Å². The molecule has 0 aromatic heterocycles. The van der Waals surface area contributed by atoms with Crippen molar-refractivity contribution >= 4 is 0 Å². The van der Waals surface area contributed by atoms with Crippen LogP contribution < -0.4 is 0 Å². The summed E-state index contributed by atoms with van der Waals surface area (Å²) in [5.74, 6) is -2.47. The Hall–Kier alpha value is -0.990. The van der Waals surface area contributed by atoms with E-state index < -0.39 is 17.5 Å². The van der Waals surface area contributed by atoms with Gasteiger partial charge >= 0.3 is 0 Å². The van der Waals surface area contributed by atoms with Crippen molar-refractivity contribution in [1.82, 2.24) is 0 Å². The largest absolute Gasteiger partial charge is 0.204 e. The highest BCUT2D eigenvalue weighted by molar-refractivity contribution is 5.24. The molecule has 0 nitrogen and oxygen atoms in total. The highest BCUT2D eigenvalue weighted by Gasteiger charge is 2.44. The van der Waals surface area contributed by atoms with E-state index >= 15 is 0 Å². The standard InChI is InChI=1S/C16H19F3/c1-10-8-16(9-10)4-2-11(3-5-16)12-6-13(17)15(19)14(18)7-12/h6-7,10-11H,2-5,8-9H2,1H3. The average Bonchev–Trinajstić information content (AvgIpc) is 2.35. The van der Waals surface area contributed by atoms with E-state index in [2.05, 4.69) is 6.92 Å². The summed E-state index contributed by atoms with van der Waals surface area (Å²) in [6.07, 6.45) is 6.82. The molecule has 0 saturated heterocycles. The molecule has 2 aliphatic rings. The van der Waals surface area contributed by atoms with Gasteiger partial charge in [0.05, 0.1) is 0 Å². The third-order valence-corrected chi connectivity index (χ3v) is 5.09. The van der Waals surface area contributed by atoms with Crippen molar-refractivity contribution in [1.29, 1.82) is 0 Å². The molecule has 3 heteroatoms. The summed E-state index contributed by atoms with van der Waals surface area (Å²) in [6, 6.07) is 2.34. The first-order valence-corrected chi connectivity index (χ1v) is 7.13. The smallest absolute Gasteiger partial charge is 0.194 e. The van der Waals surface area contributed by atoms with Crippen molar-refractivity contribution in [2.45, 2.75) is 51.4 Å². The van der Waals surface area contributed by atoms with Gasteiger partial charge in [0.2, 0.25) is 0 Å². The molecule has 104 valence electrons. The van der Waals surface area contributed by atoms with Crippen LogP contribution in [0.25, 0.3) is 0 Å². The Morgan fingerprint density at radius 2 is 1.53 bits per heavy atom. The van der Waals surface area contributed by atoms with Crippen LogP contribution in [-0.4, -0.2) is 0 Å². The summed E-state index contributed by atoms with van der Waals surface area (Å²) in [7, 11) is 0. The fraction of sp³-hybridized carbons (Fsp3) is 0.625. The Bertz CT molecular complexity index is 456. The van der Waals surface area contributed by atoms with Gasteiger partial charge in [-0.2, -0.15) is 0 Å². The van der Waals surface area contributed by atoms with Crippen molar-refractivity contribution in [2.75, 3.05) is 0 Å². The van der Waals surface area contributed by atoms with Gasteiger partial charge in [-0.15, -0.1) is 0 Å². The summed E-state index contributed by atoms with van der Waals surface area (Å²) < 4.78 is 39.5. The fourth-order valence-corrected chi connectivity index (χ4v) is 4.20. The van der Waals surface area contributed by atoms with E-state index in [9.17, 15) is 13.2 Å². The van der Waals surface area contributed by atoms with Crippen LogP contribution in [0.3, 0.4) is 0 Å². The molecule has 2 saturated carbocycles. The first kappa shape index (κ1) is 13.0. The van der Waals surface area contributed by atoms with Crippen LogP contribution in [0.15, 0.2) is 12.1 Å². The van der Waals surface area contributed by atoms with Crippen molar-refractivity contribution in [3.8, 4) is 0 Å². The maximum atomic E-state index is 13.3. The zero-order chi connectivity index (χ0) is 13.6. The van der Waals surface area contributed by atoms with Crippen LogP contribution in [0.1, 0.15) is 56.9 Å². The monoisotopic (exact) mass is 268 g/mol. The van der Waals surface area contributed by atoms with Gasteiger partial charge in [-0.3, -0.25) is 0 Å². The highest BCUT2D eigenvalue weighted by atomic mass is 19.2. The zero-order valence-electron chi connectivity index (χ0n) is 11.2. The SMILES string of the molecule is CC1CC2(CCC(c3cc(F)c(F)c(F)c3)CC2)C1. The molecule has 1 aromatic rings. The van der Waals surface area contributed by atoms with Crippen molar-refractivity contribution in [3.63, 3.8) is 0 Å². The molecule has 3 rings (SSSR count). The number of hydrogen-bond donors (Lipinski definition) is 0. The van der Waals surface area contributed by atoms with Gasteiger partial charge in [0.25, 0.3) is 0 Å². The molecule has 0 aliphatic heterocycles. The number of rotatable bonds is 1. The number of benzene rings is 1. The second-order valence-electron chi connectivity index (χ2n) is 6.59. The Balaban J connectivity index is 1.72. The molecule has 0 radical (unpaired) electrons. The molecule has 19 heavy (non-hydrogen) atoms. The molecule has 0 unspecified atom stereocenters. The van der Waals surface area contributed by atoms with Gasteiger partial charge in [0.15, 0.2) is 17.5 Å². The lowest BCUT2D eigenvalue weighted by atomic mass is 9.55. The molecular formula is C16H19F3. The predicted molar refractivity (Wildman–Crippen MR) is 68.4 cm³/mol. The molecule has 0 amide bonds. The third kappa shape index (κ3) is 2.28. The van der Waals surface area contributed by atoms with Gasteiger partial charge in [0, 0.05) is 0 Å². The van der Waals surface area contributed by atoms with E-state index in [1.165, 1.54) is 25.0 Å². The van der Waals surface area contributed by atoms with Crippen LogP contribution >= 0.6 is 0 Å². The second-order valence-corrected chi connectivity index (χ2v) is 6.59.